The Labute approximate surface area is 138 Å². The minimum atomic E-state index is -1.47. The van der Waals surface area contributed by atoms with Crippen LogP contribution < -0.4 is 12.4 Å². The van der Waals surface area contributed by atoms with E-state index < -0.39 is 37.5 Å². The zero-order chi connectivity index (χ0) is 13.3. The smallest absolute Gasteiger partial charge is 1.00 e. The van der Waals surface area contributed by atoms with E-state index in [0.29, 0.717) is 12.8 Å². The van der Waals surface area contributed by atoms with Crippen LogP contribution in [0.3, 0.4) is 0 Å². The molecule has 0 N–H and O–H groups in total. The molecule has 105 valence electrons. The van der Waals surface area contributed by atoms with Crippen molar-refractivity contribution in [2.24, 2.45) is 0 Å². The van der Waals surface area contributed by atoms with Crippen molar-refractivity contribution in [3.8, 4) is 0 Å². The molecular weight excluding hydrogens is 384 g/mol. The third kappa shape index (κ3) is 7.89. The summed E-state index contributed by atoms with van der Waals surface area (Å²) in [6.07, 6.45) is 2.99. The molecule has 0 aliphatic heterocycles. The van der Waals surface area contributed by atoms with Crippen LogP contribution in [0, 0.1) is 37.5 Å². The van der Waals surface area contributed by atoms with Gasteiger partial charge in [-0.15, -0.1) is 0 Å². The zero-order valence-electron chi connectivity index (χ0n) is 11.8. The zero-order valence-corrected chi connectivity index (χ0v) is 15.8. The molecule has 0 aromatic rings. The van der Waals surface area contributed by atoms with Crippen molar-refractivity contribution in [2.45, 2.75) is 53.4 Å². The van der Waals surface area contributed by atoms with Crippen LogP contribution in [0.25, 0.3) is 0 Å². The molecule has 0 bridgehead atoms. The molecule has 18 heavy (non-hydrogen) atoms. The summed E-state index contributed by atoms with van der Waals surface area (Å²) in [5, 5.41) is 0. The van der Waals surface area contributed by atoms with Gasteiger partial charge in [0.25, 0.3) is 0 Å². The Morgan fingerprint density at radius 1 is 0.833 bits per heavy atom. The summed E-state index contributed by atoms with van der Waals surface area (Å²) in [5.74, 6) is 0.446. The van der Waals surface area contributed by atoms with Crippen LogP contribution in [-0.2, 0) is 9.59 Å². The summed E-state index contributed by atoms with van der Waals surface area (Å²) in [6, 6.07) is 0. The van der Waals surface area contributed by atoms with Crippen molar-refractivity contribution < 1.29 is 59.5 Å². The molecule has 4 nitrogen and oxygen atoms in total. The van der Waals surface area contributed by atoms with E-state index in [1.165, 1.54) is 0 Å². The summed E-state index contributed by atoms with van der Waals surface area (Å²) in [4.78, 5) is 23.7. The summed E-state index contributed by atoms with van der Waals surface area (Å²) >= 11 is -1.47. The van der Waals surface area contributed by atoms with Crippen molar-refractivity contribution in [3.05, 3.63) is 0 Å². The van der Waals surface area contributed by atoms with E-state index in [1.54, 1.807) is 0 Å². The fourth-order valence-corrected chi connectivity index (χ4v) is 4.72. The number of carbonyl (C=O) groups excluding carboxylic acids is 2. The monoisotopic (exact) mass is 405 g/mol. The SMILES string of the molecule is CCCC(=O)[N](CC)[Nd+][N](CC)C(=O)CCC.[Cl-]. The van der Waals surface area contributed by atoms with Crippen LogP contribution >= 0.6 is 0 Å². The minimum absolute atomic E-state index is 0. The van der Waals surface area contributed by atoms with Crippen LogP contribution in [0.2, 0.25) is 0 Å². The molecule has 6 heteroatoms. The Kier molecular flexibility index (Phi) is 14.6. The predicted molar refractivity (Wildman–Crippen MR) is 64.6 cm³/mol. The van der Waals surface area contributed by atoms with Gasteiger partial charge in [0.05, 0.1) is 0 Å². The average molecular weight is 408 g/mol. The maximum Gasteiger partial charge on any atom is -1.00 e. The van der Waals surface area contributed by atoms with Crippen molar-refractivity contribution in [3.63, 3.8) is 0 Å². The first-order chi connectivity index (χ1) is 8.10. The molecule has 0 heterocycles. The van der Waals surface area contributed by atoms with Crippen molar-refractivity contribution in [1.29, 1.82) is 0 Å². The molecule has 0 rings (SSSR count). The van der Waals surface area contributed by atoms with Gasteiger partial charge in [-0.1, -0.05) is 0 Å². The van der Waals surface area contributed by atoms with E-state index in [2.05, 4.69) is 0 Å². The van der Waals surface area contributed by atoms with Crippen LogP contribution in [0.4, 0.5) is 0 Å². The van der Waals surface area contributed by atoms with Gasteiger partial charge in [0.15, 0.2) is 0 Å². The Morgan fingerprint density at radius 2 is 1.17 bits per heavy atom. The average Bonchev–Trinajstić information content (AvgIpc) is 2.31. The van der Waals surface area contributed by atoms with Gasteiger partial charge in [-0.05, 0) is 0 Å². The van der Waals surface area contributed by atoms with E-state index in [1.807, 2.05) is 29.7 Å². The van der Waals surface area contributed by atoms with E-state index in [9.17, 15) is 9.59 Å². The number of carbonyl (C=O) groups is 2. The molecule has 2 amide bonds. The van der Waals surface area contributed by atoms with Gasteiger partial charge < -0.3 is 12.4 Å². The largest absolute Gasteiger partial charge is 1.00 e. The van der Waals surface area contributed by atoms with E-state index >= 15 is 0 Å². The quantitative estimate of drug-likeness (QED) is 0.528. The van der Waals surface area contributed by atoms with Crippen LogP contribution in [0.5, 0.6) is 0 Å². The number of nitrogens with zero attached hydrogens (tertiary/aromatic N) is 2. The van der Waals surface area contributed by atoms with Gasteiger partial charge in [-0.3, -0.25) is 0 Å². The summed E-state index contributed by atoms with van der Waals surface area (Å²) in [6.45, 7) is 9.52. The molecule has 0 fully saturated rings. The first-order valence-electron chi connectivity index (χ1n) is 6.47. The summed E-state index contributed by atoms with van der Waals surface area (Å²) < 4.78 is 3.89. The molecule has 0 unspecified atom stereocenters. The van der Waals surface area contributed by atoms with Crippen molar-refractivity contribution in [2.75, 3.05) is 13.1 Å². The standard InChI is InChI=1S/2C6H13NO.ClH.Nd/c2*1-3-5-6(8)7-4-2;;/h2*3-5H2,1-2H3,(H,7,8);1H;/q;;;+3/p-3. The predicted octanol–water partition coefficient (Wildman–Crippen LogP) is -0.797. The van der Waals surface area contributed by atoms with Gasteiger partial charge >= 0.3 is 127 Å². The Balaban J connectivity index is 0. The number of hydrogen-bond acceptors (Lipinski definition) is 2. The molecule has 0 radical (unpaired) electrons. The maximum atomic E-state index is 11.8. The molecule has 0 saturated carbocycles. The maximum absolute atomic E-state index is 11.8. The van der Waals surface area contributed by atoms with Gasteiger partial charge in [0, 0.05) is 0 Å². The first-order valence-corrected chi connectivity index (χ1v) is 9.34. The van der Waals surface area contributed by atoms with Gasteiger partial charge in [-0.2, -0.15) is 0 Å². The minimum Gasteiger partial charge on any atom is -1.00 e. The number of amides is 2. The molecule has 0 atom stereocenters. The van der Waals surface area contributed by atoms with Crippen LogP contribution in [-0.4, -0.2) is 26.9 Å². The third-order valence-corrected chi connectivity index (χ3v) is 7.58. The van der Waals surface area contributed by atoms with Crippen molar-refractivity contribution >= 4 is 11.8 Å². The molecule has 0 aliphatic rings. The third-order valence-electron chi connectivity index (χ3n) is 2.40. The van der Waals surface area contributed by atoms with Gasteiger partial charge in [-0.25, -0.2) is 0 Å². The fourth-order valence-electron chi connectivity index (χ4n) is 1.45. The normalized spacial score (nSPS) is 9.11. The number of halogens is 1. The Morgan fingerprint density at radius 3 is 1.39 bits per heavy atom. The first kappa shape index (κ1) is 20.9. The van der Waals surface area contributed by atoms with Crippen molar-refractivity contribution in [1.82, 2.24) is 1.97 Å². The molecule has 0 aromatic carbocycles. The van der Waals surface area contributed by atoms with E-state index in [0.717, 1.165) is 25.9 Å². The second-order valence-electron chi connectivity index (χ2n) is 3.88. The topological polar surface area (TPSA) is 40.6 Å². The number of hydrogen-bond donors (Lipinski definition) is 0. The second-order valence-corrected chi connectivity index (χ2v) is 7.98. The van der Waals surface area contributed by atoms with E-state index in [4.69, 9.17) is 0 Å². The Hall–Kier alpha value is 0.581. The Bertz CT molecular complexity index is 228. The molecule has 0 spiro atoms. The van der Waals surface area contributed by atoms with Crippen LogP contribution in [0.15, 0.2) is 0 Å². The fraction of sp³-hybridized carbons (Fsp3) is 0.833. The summed E-state index contributed by atoms with van der Waals surface area (Å²) in [5.41, 5.74) is 0. The van der Waals surface area contributed by atoms with Gasteiger partial charge in [0.1, 0.15) is 0 Å². The van der Waals surface area contributed by atoms with Crippen LogP contribution in [0.1, 0.15) is 53.4 Å². The molecule has 0 aliphatic carbocycles. The molecular formula is C12H24ClN2NdO2. The second kappa shape index (κ2) is 12.6. The molecule has 0 saturated heterocycles. The molecule has 0 aromatic heterocycles. The van der Waals surface area contributed by atoms with Gasteiger partial charge in [0.2, 0.25) is 0 Å². The van der Waals surface area contributed by atoms with E-state index in [-0.39, 0.29) is 24.2 Å². The summed E-state index contributed by atoms with van der Waals surface area (Å²) in [7, 11) is 0. The number of rotatable bonds is 8.